The summed E-state index contributed by atoms with van der Waals surface area (Å²) in [6.45, 7) is 1.74. The van der Waals surface area contributed by atoms with Gasteiger partial charge >= 0.3 is 0 Å². The molecule has 1 aliphatic rings. The standard InChI is InChI=1S/C18H20ClN3O2/c1-21(18(24)16-3-2-10-20-17(16)23)14-8-11-22(12-9-14)15-6-4-13(19)5-7-15/h2-7,10,14H,8-9,11-12H2,1H3,(H,20,23). The first kappa shape index (κ1) is 16.6. The molecule has 5 nitrogen and oxygen atoms in total. The normalized spacial score (nSPS) is 15.3. The molecule has 2 heterocycles. The van der Waals surface area contributed by atoms with Crippen LogP contribution in [0.5, 0.6) is 0 Å². The summed E-state index contributed by atoms with van der Waals surface area (Å²) >= 11 is 5.93. The molecule has 1 aromatic carbocycles. The zero-order valence-corrected chi connectivity index (χ0v) is 14.3. The summed E-state index contributed by atoms with van der Waals surface area (Å²) < 4.78 is 0. The fraction of sp³-hybridized carbons (Fsp3) is 0.333. The SMILES string of the molecule is CN(C(=O)c1ccc[nH]c1=O)C1CCN(c2ccc(Cl)cc2)CC1. The number of nitrogens with zero attached hydrogens (tertiary/aromatic N) is 2. The van der Waals surface area contributed by atoms with Crippen LogP contribution in [0, 0.1) is 0 Å². The minimum absolute atomic E-state index is 0.139. The minimum atomic E-state index is -0.340. The van der Waals surface area contributed by atoms with Crippen molar-refractivity contribution in [2.24, 2.45) is 0 Å². The van der Waals surface area contributed by atoms with E-state index in [1.807, 2.05) is 24.3 Å². The molecule has 1 aromatic heterocycles. The maximum atomic E-state index is 12.5. The number of benzene rings is 1. The van der Waals surface area contributed by atoms with Gasteiger partial charge in [-0.25, -0.2) is 0 Å². The molecule has 1 fully saturated rings. The summed E-state index contributed by atoms with van der Waals surface area (Å²) in [5.41, 5.74) is 0.999. The van der Waals surface area contributed by atoms with Gasteiger partial charge < -0.3 is 14.8 Å². The van der Waals surface area contributed by atoms with Crippen molar-refractivity contribution in [3.05, 3.63) is 63.5 Å². The zero-order chi connectivity index (χ0) is 17.1. The van der Waals surface area contributed by atoms with Crippen molar-refractivity contribution in [2.75, 3.05) is 25.0 Å². The van der Waals surface area contributed by atoms with Crippen LogP contribution in [-0.2, 0) is 0 Å². The van der Waals surface area contributed by atoms with E-state index >= 15 is 0 Å². The van der Waals surface area contributed by atoms with Crippen molar-refractivity contribution in [1.82, 2.24) is 9.88 Å². The molecule has 126 valence electrons. The number of rotatable bonds is 3. The van der Waals surface area contributed by atoms with Crippen LogP contribution in [-0.4, -0.2) is 42.0 Å². The lowest BCUT2D eigenvalue weighted by Crippen LogP contribution is -2.46. The third-order valence-corrected chi connectivity index (χ3v) is 4.82. The Morgan fingerprint density at radius 3 is 2.50 bits per heavy atom. The molecule has 0 radical (unpaired) electrons. The van der Waals surface area contributed by atoms with Crippen LogP contribution in [0.4, 0.5) is 5.69 Å². The smallest absolute Gasteiger partial charge is 0.260 e. The topological polar surface area (TPSA) is 56.4 Å². The van der Waals surface area contributed by atoms with Gasteiger partial charge in [-0.15, -0.1) is 0 Å². The van der Waals surface area contributed by atoms with E-state index in [0.717, 1.165) is 36.6 Å². The average Bonchev–Trinajstić information content (AvgIpc) is 2.62. The van der Waals surface area contributed by atoms with E-state index in [0.29, 0.717) is 0 Å². The third-order valence-electron chi connectivity index (χ3n) is 4.57. The Kier molecular flexibility index (Phi) is 4.90. The Morgan fingerprint density at radius 1 is 1.21 bits per heavy atom. The molecule has 2 aromatic rings. The van der Waals surface area contributed by atoms with Crippen molar-refractivity contribution in [2.45, 2.75) is 18.9 Å². The summed E-state index contributed by atoms with van der Waals surface area (Å²) in [6, 6.07) is 11.2. The highest BCUT2D eigenvalue weighted by atomic mass is 35.5. The molecule has 0 spiro atoms. The number of pyridine rings is 1. The molecule has 0 saturated carbocycles. The molecule has 24 heavy (non-hydrogen) atoms. The number of amides is 1. The van der Waals surface area contributed by atoms with Crippen molar-refractivity contribution < 1.29 is 4.79 Å². The Bertz CT molecular complexity index is 764. The molecule has 1 amide bonds. The van der Waals surface area contributed by atoms with Gasteiger partial charge in [-0.3, -0.25) is 9.59 Å². The van der Waals surface area contributed by atoms with Gasteiger partial charge in [-0.05, 0) is 49.2 Å². The monoisotopic (exact) mass is 345 g/mol. The van der Waals surface area contributed by atoms with Gasteiger partial charge in [-0.1, -0.05) is 11.6 Å². The van der Waals surface area contributed by atoms with Crippen LogP contribution < -0.4 is 10.5 Å². The number of piperidine rings is 1. The van der Waals surface area contributed by atoms with E-state index in [2.05, 4.69) is 9.88 Å². The first-order valence-electron chi connectivity index (χ1n) is 8.01. The van der Waals surface area contributed by atoms with E-state index in [9.17, 15) is 9.59 Å². The second-order valence-electron chi connectivity index (χ2n) is 6.02. The molecule has 1 saturated heterocycles. The first-order valence-corrected chi connectivity index (χ1v) is 8.39. The van der Waals surface area contributed by atoms with Crippen LogP contribution >= 0.6 is 11.6 Å². The highest BCUT2D eigenvalue weighted by Crippen LogP contribution is 2.24. The minimum Gasteiger partial charge on any atom is -0.371 e. The Morgan fingerprint density at radius 2 is 1.88 bits per heavy atom. The molecule has 3 rings (SSSR count). The molecular weight excluding hydrogens is 326 g/mol. The van der Waals surface area contributed by atoms with Gasteiger partial charge in [0.25, 0.3) is 11.5 Å². The number of hydrogen-bond donors (Lipinski definition) is 1. The molecule has 0 atom stereocenters. The van der Waals surface area contributed by atoms with Gasteiger partial charge in [-0.2, -0.15) is 0 Å². The summed E-state index contributed by atoms with van der Waals surface area (Å²) in [5, 5.41) is 0.729. The summed E-state index contributed by atoms with van der Waals surface area (Å²) in [7, 11) is 1.78. The number of aromatic amines is 1. The Balaban J connectivity index is 1.64. The number of carbonyl (C=O) groups is 1. The average molecular weight is 346 g/mol. The maximum absolute atomic E-state index is 12.5. The summed E-state index contributed by atoms with van der Waals surface area (Å²) in [6.07, 6.45) is 3.27. The first-order chi connectivity index (χ1) is 11.6. The van der Waals surface area contributed by atoms with Crippen molar-refractivity contribution >= 4 is 23.2 Å². The van der Waals surface area contributed by atoms with E-state index in [4.69, 9.17) is 11.6 Å². The fourth-order valence-corrected chi connectivity index (χ4v) is 3.24. The number of carbonyl (C=O) groups excluding carboxylic acids is 1. The Labute approximate surface area is 145 Å². The zero-order valence-electron chi connectivity index (χ0n) is 13.5. The fourth-order valence-electron chi connectivity index (χ4n) is 3.11. The molecule has 1 aliphatic heterocycles. The van der Waals surface area contributed by atoms with Crippen LogP contribution in [0.25, 0.3) is 0 Å². The van der Waals surface area contributed by atoms with Crippen molar-refractivity contribution in [3.8, 4) is 0 Å². The van der Waals surface area contributed by atoms with Crippen molar-refractivity contribution in [1.29, 1.82) is 0 Å². The maximum Gasteiger partial charge on any atom is 0.260 e. The van der Waals surface area contributed by atoms with E-state index < -0.39 is 0 Å². The number of nitrogens with one attached hydrogen (secondary N) is 1. The lowest BCUT2D eigenvalue weighted by molar-refractivity contribution is 0.0707. The van der Waals surface area contributed by atoms with E-state index in [1.54, 1.807) is 24.1 Å². The molecule has 0 bridgehead atoms. The van der Waals surface area contributed by atoms with Crippen LogP contribution in [0.15, 0.2) is 47.4 Å². The lowest BCUT2D eigenvalue weighted by Gasteiger charge is -2.37. The molecule has 1 N–H and O–H groups in total. The van der Waals surface area contributed by atoms with Gasteiger partial charge in [0.2, 0.25) is 0 Å². The molecule has 0 aliphatic carbocycles. The second-order valence-corrected chi connectivity index (χ2v) is 6.46. The summed E-state index contributed by atoms with van der Waals surface area (Å²) in [4.78, 5) is 30.9. The predicted octanol–water partition coefficient (Wildman–Crippen LogP) is 2.77. The predicted molar refractivity (Wildman–Crippen MR) is 95.8 cm³/mol. The molecule has 6 heteroatoms. The van der Waals surface area contributed by atoms with Gasteiger partial charge in [0.1, 0.15) is 5.56 Å². The Hall–Kier alpha value is -2.27. The second kappa shape index (κ2) is 7.09. The van der Waals surface area contributed by atoms with Crippen LogP contribution in [0.1, 0.15) is 23.2 Å². The van der Waals surface area contributed by atoms with Gasteiger partial charge in [0.15, 0.2) is 0 Å². The van der Waals surface area contributed by atoms with Crippen LogP contribution in [0.3, 0.4) is 0 Å². The number of H-pyrrole nitrogens is 1. The largest absolute Gasteiger partial charge is 0.371 e. The van der Waals surface area contributed by atoms with Gasteiger partial charge in [0.05, 0.1) is 0 Å². The lowest BCUT2D eigenvalue weighted by atomic mass is 10.0. The van der Waals surface area contributed by atoms with Gasteiger partial charge in [0, 0.05) is 43.1 Å². The highest BCUT2D eigenvalue weighted by molar-refractivity contribution is 6.30. The van der Waals surface area contributed by atoms with Crippen LogP contribution in [0.2, 0.25) is 5.02 Å². The number of anilines is 1. The summed E-state index contributed by atoms with van der Waals surface area (Å²) in [5.74, 6) is -0.221. The van der Waals surface area contributed by atoms with Crippen molar-refractivity contribution in [3.63, 3.8) is 0 Å². The number of aromatic nitrogens is 1. The highest BCUT2D eigenvalue weighted by Gasteiger charge is 2.27. The van der Waals surface area contributed by atoms with E-state index in [-0.39, 0.29) is 23.1 Å². The number of halogens is 1. The number of hydrogen-bond acceptors (Lipinski definition) is 3. The van der Waals surface area contributed by atoms with E-state index in [1.165, 1.54) is 6.20 Å². The third kappa shape index (κ3) is 3.46. The molecule has 0 unspecified atom stereocenters. The quantitative estimate of drug-likeness (QED) is 0.930. The molecular formula is C18H20ClN3O2.